The van der Waals surface area contributed by atoms with Gasteiger partial charge in [-0.3, -0.25) is 14.8 Å². The van der Waals surface area contributed by atoms with Crippen molar-refractivity contribution in [2.24, 2.45) is 5.73 Å². The molecule has 0 saturated heterocycles. The molecule has 0 fully saturated rings. The highest BCUT2D eigenvalue weighted by Crippen LogP contribution is 2.41. The lowest BCUT2D eigenvalue weighted by Crippen LogP contribution is -2.17. The predicted octanol–water partition coefficient (Wildman–Crippen LogP) is 2.39. The largest absolute Gasteiger partial charge is 0.417 e. The van der Waals surface area contributed by atoms with E-state index in [-0.39, 0.29) is 33.5 Å². The average molecular weight is 333 g/mol. The fraction of sp³-hybridized carbons (Fsp3) is 0.0667. The van der Waals surface area contributed by atoms with Crippen LogP contribution in [0, 0.1) is 0 Å². The number of primary amides is 1. The second kappa shape index (κ2) is 5.44. The summed E-state index contributed by atoms with van der Waals surface area (Å²) in [7, 11) is 0. The molecule has 0 aliphatic heterocycles. The van der Waals surface area contributed by atoms with Crippen molar-refractivity contribution in [2.75, 3.05) is 5.73 Å². The minimum Gasteiger partial charge on any atom is -0.396 e. The Balaban J connectivity index is 2.47. The molecule has 0 bridgehead atoms. The second-order valence-electron chi connectivity index (χ2n) is 4.90. The van der Waals surface area contributed by atoms with Crippen LogP contribution >= 0.6 is 0 Å². The number of fused-ring (bicyclic) bond motifs is 1. The number of nitrogens with two attached hydrogens (primary N) is 2. The van der Waals surface area contributed by atoms with Crippen molar-refractivity contribution in [3.05, 3.63) is 48.0 Å². The van der Waals surface area contributed by atoms with E-state index >= 15 is 0 Å². The molecule has 0 aromatic carbocycles. The molecule has 0 atom stereocenters. The van der Waals surface area contributed by atoms with Crippen molar-refractivity contribution in [3.63, 3.8) is 0 Å². The van der Waals surface area contributed by atoms with Gasteiger partial charge in [0.25, 0.3) is 5.91 Å². The van der Waals surface area contributed by atoms with Crippen molar-refractivity contribution in [1.82, 2.24) is 15.0 Å². The quantitative estimate of drug-likeness (QED) is 0.748. The fourth-order valence-corrected chi connectivity index (χ4v) is 2.41. The molecule has 3 aromatic rings. The minimum atomic E-state index is -4.64. The number of hydrogen-bond acceptors (Lipinski definition) is 5. The Bertz CT molecular complexity index is 955. The number of carbonyl (C=O) groups is 1. The van der Waals surface area contributed by atoms with Crippen molar-refractivity contribution in [2.45, 2.75) is 6.18 Å². The molecule has 9 heteroatoms. The van der Waals surface area contributed by atoms with Gasteiger partial charge < -0.3 is 11.5 Å². The van der Waals surface area contributed by atoms with Gasteiger partial charge in [0.1, 0.15) is 0 Å². The lowest BCUT2D eigenvalue weighted by Gasteiger charge is -2.16. The highest BCUT2D eigenvalue weighted by Gasteiger charge is 2.35. The number of halogens is 3. The minimum absolute atomic E-state index is 0.0742. The number of alkyl halides is 3. The van der Waals surface area contributed by atoms with Gasteiger partial charge in [0.05, 0.1) is 22.3 Å². The third kappa shape index (κ3) is 2.49. The Morgan fingerprint density at radius 3 is 2.58 bits per heavy atom. The Labute approximate surface area is 133 Å². The highest BCUT2D eigenvalue weighted by molar-refractivity contribution is 6.07. The zero-order valence-corrected chi connectivity index (χ0v) is 12.0. The summed E-state index contributed by atoms with van der Waals surface area (Å²) in [5.74, 6) is -0.947. The van der Waals surface area contributed by atoms with Gasteiger partial charge in [-0.15, -0.1) is 0 Å². The van der Waals surface area contributed by atoms with E-state index in [1.165, 1.54) is 18.3 Å². The Hall–Kier alpha value is -3.23. The molecular formula is C15H10F3N5O. The van der Waals surface area contributed by atoms with E-state index in [0.717, 1.165) is 18.5 Å². The van der Waals surface area contributed by atoms with Crippen LogP contribution in [0.5, 0.6) is 0 Å². The third-order valence-corrected chi connectivity index (χ3v) is 3.41. The summed E-state index contributed by atoms with van der Waals surface area (Å²) < 4.78 is 40.0. The van der Waals surface area contributed by atoms with E-state index in [2.05, 4.69) is 15.0 Å². The van der Waals surface area contributed by atoms with Crippen LogP contribution in [0.3, 0.4) is 0 Å². The van der Waals surface area contributed by atoms with Gasteiger partial charge in [0, 0.05) is 29.7 Å². The molecule has 3 rings (SSSR count). The summed E-state index contributed by atoms with van der Waals surface area (Å²) in [4.78, 5) is 23.3. The van der Waals surface area contributed by atoms with Gasteiger partial charge in [-0.2, -0.15) is 13.2 Å². The van der Waals surface area contributed by atoms with Gasteiger partial charge in [0.2, 0.25) is 0 Å². The second-order valence-corrected chi connectivity index (χ2v) is 4.90. The van der Waals surface area contributed by atoms with Gasteiger partial charge in [-0.25, -0.2) is 4.98 Å². The molecule has 0 saturated carbocycles. The van der Waals surface area contributed by atoms with Crippen LogP contribution in [0.2, 0.25) is 0 Å². The molecule has 1 amide bonds. The summed E-state index contributed by atoms with van der Waals surface area (Å²) in [5, 5.41) is 0. The molecule has 0 radical (unpaired) electrons. The van der Waals surface area contributed by atoms with Crippen molar-refractivity contribution < 1.29 is 18.0 Å². The first-order valence-corrected chi connectivity index (χ1v) is 6.66. The molecule has 122 valence electrons. The summed E-state index contributed by atoms with van der Waals surface area (Å²) in [5.41, 5.74) is 9.55. The van der Waals surface area contributed by atoms with Crippen LogP contribution in [0.25, 0.3) is 22.2 Å². The van der Waals surface area contributed by atoms with Crippen LogP contribution in [-0.4, -0.2) is 20.9 Å². The number of nitrogen functional groups attached to an aromatic ring is 1. The summed E-state index contributed by atoms with van der Waals surface area (Å²) >= 11 is 0. The number of hydrogen-bond donors (Lipinski definition) is 2. The smallest absolute Gasteiger partial charge is 0.396 e. The van der Waals surface area contributed by atoms with Crippen molar-refractivity contribution in [3.8, 4) is 11.1 Å². The Morgan fingerprint density at radius 2 is 1.92 bits per heavy atom. The van der Waals surface area contributed by atoms with E-state index in [1.54, 1.807) is 0 Å². The molecule has 0 aliphatic carbocycles. The molecule has 0 unspecified atom stereocenters. The first-order valence-electron chi connectivity index (χ1n) is 6.66. The monoisotopic (exact) mass is 333 g/mol. The van der Waals surface area contributed by atoms with E-state index < -0.39 is 17.6 Å². The van der Waals surface area contributed by atoms with Crippen LogP contribution in [0.4, 0.5) is 18.9 Å². The fourth-order valence-electron chi connectivity index (χ4n) is 2.41. The third-order valence-electron chi connectivity index (χ3n) is 3.41. The number of anilines is 1. The van der Waals surface area contributed by atoms with E-state index in [0.29, 0.717) is 0 Å². The molecule has 0 aliphatic rings. The van der Waals surface area contributed by atoms with Gasteiger partial charge in [-0.1, -0.05) is 0 Å². The zero-order valence-electron chi connectivity index (χ0n) is 12.0. The first kappa shape index (κ1) is 15.7. The summed E-state index contributed by atoms with van der Waals surface area (Å²) in [6, 6.07) is 3.86. The van der Waals surface area contributed by atoms with Crippen LogP contribution in [0.15, 0.2) is 36.8 Å². The lowest BCUT2D eigenvalue weighted by molar-refractivity contribution is -0.137. The maximum Gasteiger partial charge on any atom is 0.417 e. The summed E-state index contributed by atoms with van der Waals surface area (Å²) in [6.45, 7) is 0. The van der Waals surface area contributed by atoms with Crippen LogP contribution in [-0.2, 0) is 6.18 Å². The number of aromatic nitrogens is 3. The van der Waals surface area contributed by atoms with Gasteiger partial charge in [-0.05, 0) is 18.2 Å². The molecule has 4 N–H and O–H groups in total. The van der Waals surface area contributed by atoms with E-state index in [9.17, 15) is 18.0 Å². The predicted molar refractivity (Wildman–Crippen MR) is 80.7 cm³/mol. The molecule has 3 aromatic heterocycles. The molecule has 0 spiro atoms. The normalized spacial score (nSPS) is 11.6. The molecule has 24 heavy (non-hydrogen) atoms. The SMILES string of the molecule is NC(=O)c1nc2cccnc2c(-c2cnccc2C(F)(F)F)c1N. The molecular weight excluding hydrogens is 323 g/mol. The number of nitrogens with zero attached hydrogens (tertiary/aromatic N) is 3. The summed E-state index contributed by atoms with van der Waals surface area (Å²) in [6.07, 6.45) is -1.20. The zero-order chi connectivity index (χ0) is 17.5. The standard InChI is InChI=1S/C15H10F3N5O/c16-15(17,18)8-3-5-21-6-7(8)10-11(19)13(14(20)24)23-9-2-1-4-22-12(9)10/h1-6H,19H2,(H2,20,24). The number of carbonyl (C=O) groups excluding carboxylic acids is 1. The van der Waals surface area contributed by atoms with Gasteiger partial charge in [0.15, 0.2) is 5.69 Å². The number of rotatable bonds is 2. The Kier molecular flexibility index (Phi) is 3.55. The Morgan fingerprint density at radius 1 is 1.17 bits per heavy atom. The van der Waals surface area contributed by atoms with Crippen molar-refractivity contribution >= 4 is 22.6 Å². The maximum atomic E-state index is 13.3. The van der Waals surface area contributed by atoms with E-state index in [1.807, 2.05) is 0 Å². The highest BCUT2D eigenvalue weighted by atomic mass is 19.4. The van der Waals surface area contributed by atoms with Crippen molar-refractivity contribution in [1.29, 1.82) is 0 Å². The number of pyridine rings is 3. The maximum absolute atomic E-state index is 13.3. The molecule has 6 nitrogen and oxygen atoms in total. The number of amides is 1. The first-order chi connectivity index (χ1) is 11.3. The average Bonchev–Trinajstić information content (AvgIpc) is 2.53. The van der Waals surface area contributed by atoms with E-state index in [4.69, 9.17) is 11.5 Å². The molecule has 3 heterocycles. The van der Waals surface area contributed by atoms with Crippen LogP contribution in [0.1, 0.15) is 16.1 Å². The lowest BCUT2D eigenvalue weighted by atomic mass is 9.97. The van der Waals surface area contributed by atoms with Gasteiger partial charge >= 0.3 is 6.18 Å². The van der Waals surface area contributed by atoms with Crippen LogP contribution < -0.4 is 11.5 Å². The topological polar surface area (TPSA) is 108 Å².